The van der Waals surface area contributed by atoms with E-state index in [1.165, 1.54) is 16.4 Å². The predicted octanol–water partition coefficient (Wildman–Crippen LogP) is 1.09. The minimum absolute atomic E-state index is 0.0638. The molecule has 1 aromatic rings. The van der Waals surface area contributed by atoms with Gasteiger partial charge in [-0.05, 0) is 12.1 Å². The van der Waals surface area contributed by atoms with Crippen molar-refractivity contribution in [2.24, 2.45) is 0 Å². The zero-order valence-electron chi connectivity index (χ0n) is 14.0. The number of benzene rings is 1. The molecule has 0 aromatic heterocycles. The highest BCUT2D eigenvalue weighted by molar-refractivity contribution is 7.89. The van der Waals surface area contributed by atoms with E-state index in [-0.39, 0.29) is 48.9 Å². The van der Waals surface area contributed by atoms with Gasteiger partial charge in [0.15, 0.2) is 0 Å². The van der Waals surface area contributed by atoms with Gasteiger partial charge in [-0.3, -0.25) is 10.1 Å². The maximum atomic E-state index is 12.5. The third kappa shape index (κ3) is 3.58. The Morgan fingerprint density at radius 1 is 1.40 bits per heavy atom. The van der Waals surface area contributed by atoms with Crippen LogP contribution in [0.3, 0.4) is 0 Å². The van der Waals surface area contributed by atoms with Crippen LogP contribution in [0.1, 0.15) is 20.3 Å². The summed E-state index contributed by atoms with van der Waals surface area (Å²) in [5, 5.41) is 30.1. The summed E-state index contributed by atoms with van der Waals surface area (Å²) >= 11 is 0. The second kappa shape index (κ2) is 6.95. The number of hydrogen-bond donors (Lipinski definition) is 1. The third-order valence-corrected chi connectivity index (χ3v) is 6.25. The molecular weight excluding hydrogens is 348 g/mol. The first-order valence-corrected chi connectivity index (χ1v) is 9.25. The van der Waals surface area contributed by atoms with E-state index >= 15 is 0 Å². The Hall–Kier alpha value is -2.22. The number of sulfonamides is 1. The van der Waals surface area contributed by atoms with Crippen molar-refractivity contribution in [2.45, 2.75) is 30.8 Å². The van der Waals surface area contributed by atoms with Crippen molar-refractivity contribution >= 4 is 21.4 Å². The molecule has 25 heavy (non-hydrogen) atoms. The van der Waals surface area contributed by atoms with Gasteiger partial charge in [0, 0.05) is 32.2 Å². The van der Waals surface area contributed by atoms with E-state index in [1.54, 1.807) is 18.7 Å². The zero-order chi connectivity index (χ0) is 18.8. The molecule has 0 atom stereocenters. The summed E-state index contributed by atoms with van der Waals surface area (Å²) in [6, 6.07) is 5.63. The third-order valence-electron chi connectivity index (χ3n) is 4.21. The van der Waals surface area contributed by atoms with Gasteiger partial charge in [-0.25, -0.2) is 8.42 Å². The number of anilines is 1. The topological polar surface area (TPSA) is 128 Å². The number of hydrogen-bond acceptors (Lipinski definition) is 7. The van der Waals surface area contributed by atoms with Gasteiger partial charge < -0.3 is 10.0 Å². The summed E-state index contributed by atoms with van der Waals surface area (Å²) in [6.07, 6.45) is -0.0638. The van der Waals surface area contributed by atoms with Gasteiger partial charge >= 0.3 is 0 Å². The Morgan fingerprint density at radius 3 is 2.48 bits per heavy atom. The molecule has 1 fully saturated rings. The minimum Gasteiger partial charge on any atom is -0.385 e. The van der Waals surface area contributed by atoms with Crippen LogP contribution >= 0.6 is 0 Å². The highest BCUT2D eigenvalue weighted by atomic mass is 32.2. The van der Waals surface area contributed by atoms with Crippen molar-refractivity contribution in [3.63, 3.8) is 0 Å². The van der Waals surface area contributed by atoms with Crippen LogP contribution in [0.25, 0.3) is 0 Å². The van der Waals surface area contributed by atoms with E-state index in [4.69, 9.17) is 5.26 Å². The molecule has 0 bridgehead atoms. The molecule has 0 spiro atoms. The van der Waals surface area contributed by atoms with E-state index in [9.17, 15) is 23.6 Å². The lowest BCUT2D eigenvalue weighted by Crippen LogP contribution is -2.62. The maximum Gasteiger partial charge on any atom is 0.293 e. The Morgan fingerprint density at radius 2 is 2.00 bits per heavy atom. The molecule has 0 unspecified atom stereocenters. The van der Waals surface area contributed by atoms with Crippen molar-refractivity contribution in [3.05, 3.63) is 28.3 Å². The minimum atomic E-state index is -3.80. The molecule has 0 amide bonds. The molecule has 1 saturated heterocycles. The molecule has 0 saturated carbocycles. The van der Waals surface area contributed by atoms with Crippen LogP contribution < -0.4 is 4.90 Å². The van der Waals surface area contributed by atoms with Gasteiger partial charge in [0.25, 0.3) is 5.69 Å². The Kier molecular flexibility index (Phi) is 5.31. The van der Waals surface area contributed by atoms with Gasteiger partial charge in [0.1, 0.15) is 11.3 Å². The average Bonchev–Trinajstić information content (AvgIpc) is 2.53. The average molecular weight is 368 g/mol. The van der Waals surface area contributed by atoms with Gasteiger partial charge in [0.05, 0.1) is 22.3 Å². The molecule has 1 aromatic carbocycles. The van der Waals surface area contributed by atoms with Crippen molar-refractivity contribution in [1.82, 2.24) is 4.31 Å². The van der Waals surface area contributed by atoms with Crippen LogP contribution in [0.15, 0.2) is 23.1 Å². The second-order valence-corrected chi connectivity index (χ2v) is 7.85. The standard InChI is InChI=1S/C15H20N4O5S/c1-3-18(4-2)25(23,24)12-5-6-13(14(9-12)19(21)22)17-10-15(20,11-17)7-8-16/h5-6,9,20H,3-4,7,10-11H2,1-2H3. The lowest BCUT2D eigenvalue weighted by atomic mass is 9.90. The molecule has 1 aliphatic heterocycles. The number of nitro benzene ring substituents is 1. The molecular formula is C15H20N4O5S. The number of β-amino-alcohol motifs (C(OH)–C–C–N with tert-alkyl or cyclic N) is 1. The number of rotatable bonds is 7. The molecule has 1 heterocycles. The van der Waals surface area contributed by atoms with Crippen molar-refractivity contribution in [3.8, 4) is 6.07 Å². The number of aliphatic hydroxyl groups is 1. The van der Waals surface area contributed by atoms with Crippen molar-refractivity contribution in [2.75, 3.05) is 31.1 Å². The molecule has 0 aliphatic carbocycles. The highest BCUT2D eigenvalue weighted by Gasteiger charge is 2.43. The number of nitrogens with zero attached hydrogens (tertiary/aromatic N) is 4. The quantitative estimate of drug-likeness (QED) is 0.563. The predicted molar refractivity (Wildman–Crippen MR) is 90.6 cm³/mol. The van der Waals surface area contributed by atoms with Crippen LogP contribution in [0.5, 0.6) is 0 Å². The van der Waals surface area contributed by atoms with E-state index in [2.05, 4.69) is 0 Å². The van der Waals surface area contributed by atoms with E-state index in [0.717, 1.165) is 6.07 Å². The molecule has 9 nitrogen and oxygen atoms in total. The summed E-state index contributed by atoms with van der Waals surface area (Å²) < 4.78 is 26.3. The summed E-state index contributed by atoms with van der Waals surface area (Å²) in [7, 11) is -3.80. The fourth-order valence-corrected chi connectivity index (χ4v) is 4.36. The molecule has 136 valence electrons. The molecule has 2 rings (SSSR count). The van der Waals surface area contributed by atoms with Crippen LogP contribution in [0.2, 0.25) is 0 Å². The van der Waals surface area contributed by atoms with Crippen LogP contribution in [0.4, 0.5) is 11.4 Å². The van der Waals surface area contributed by atoms with Crippen molar-refractivity contribution < 1.29 is 18.4 Å². The first-order chi connectivity index (χ1) is 11.7. The largest absolute Gasteiger partial charge is 0.385 e. The molecule has 1 N–H and O–H groups in total. The first kappa shape index (κ1) is 19.1. The second-order valence-electron chi connectivity index (χ2n) is 5.91. The fraction of sp³-hybridized carbons (Fsp3) is 0.533. The van der Waals surface area contributed by atoms with Gasteiger partial charge in [-0.15, -0.1) is 0 Å². The highest BCUT2D eigenvalue weighted by Crippen LogP contribution is 2.37. The van der Waals surface area contributed by atoms with E-state index in [1.807, 2.05) is 6.07 Å². The van der Waals surface area contributed by atoms with Crippen LogP contribution in [0, 0.1) is 21.4 Å². The van der Waals surface area contributed by atoms with Gasteiger partial charge in [-0.1, -0.05) is 13.8 Å². The Balaban J connectivity index is 2.38. The fourth-order valence-electron chi connectivity index (χ4n) is 2.88. The molecule has 1 aliphatic rings. The lowest BCUT2D eigenvalue weighted by Gasteiger charge is -2.46. The molecule has 0 radical (unpaired) electrons. The zero-order valence-corrected chi connectivity index (χ0v) is 14.9. The van der Waals surface area contributed by atoms with Gasteiger partial charge in [0.2, 0.25) is 10.0 Å². The summed E-state index contributed by atoms with van der Waals surface area (Å²) in [5.74, 6) is 0. The number of nitriles is 1. The molecule has 10 heteroatoms. The van der Waals surface area contributed by atoms with E-state index < -0.39 is 20.5 Å². The Labute approximate surface area is 146 Å². The Bertz CT molecular complexity index is 808. The van der Waals surface area contributed by atoms with Crippen LogP contribution in [-0.2, 0) is 10.0 Å². The normalized spacial score (nSPS) is 16.4. The summed E-state index contributed by atoms with van der Waals surface area (Å²) in [5.41, 5.74) is -1.30. The monoisotopic (exact) mass is 368 g/mol. The van der Waals surface area contributed by atoms with E-state index in [0.29, 0.717) is 0 Å². The maximum absolute atomic E-state index is 12.5. The number of nitro groups is 1. The summed E-state index contributed by atoms with van der Waals surface area (Å²) in [6.45, 7) is 4.09. The smallest absolute Gasteiger partial charge is 0.293 e. The van der Waals surface area contributed by atoms with Crippen LogP contribution in [-0.4, -0.2) is 54.5 Å². The van der Waals surface area contributed by atoms with Gasteiger partial charge in [-0.2, -0.15) is 9.57 Å². The first-order valence-electron chi connectivity index (χ1n) is 7.81. The lowest BCUT2D eigenvalue weighted by molar-refractivity contribution is -0.384. The SMILES string of the molecule is CCN(CC)S(=O)(=O)c1ccc(N2CC(O)(CC#N)C2)c([N+](=O)[O-])c1. The summed E-state index contributed by atoms with van der Waals surface area (Å²) in [4.78, 5) is 12.2. The van der Waals surface area contributed by atoms with Crippen molar-refractivity contribution in [1.29, 1.82) is 5.26 Å².